The van der Waals surface area contributed by atoms with Crippen LogP contribution in [0.5, 0.6) is 0 Å². The molecule has 5 rings (SSSR count). The van der Waals surface area contributed by atoms with E-state index in [1.54, 1.807) is 24.3 Å². The zero-order valence-corrected chi connectivity index (χ0v) is 15.2. The highest BCUT2D eigenvalue weighted by Crippen LogP contribution is 2.44. The minimum Gasteiger partial charge on any atom is -0.436 e. The van der Waals surface area contributed by atoms with Gasteiger partial charge in [-0.1, -0.05) is 66.7 Å². The van der Waals surface area contributed by atoms with Crippen LogP contribution in [0, 0.1) is 11.3 Å². The van der Waals surface area contributed by atoms with Crippen LogP contribution >= 0.6 is 0 Å². The number of carbonyl (C=O) groups is 2. The van der Waals surface area contributed by atoms with Crippen molar-refractivity contribution in [2.45, 2.75) is 5.92 Å². The number of nitrogens with zero attached hydrogens (tertiary/aromatic N) is 1. The first-order chi connectivity index (χ1) is 14.1. The van der Waals surface area contributed by atoms with Crippen LogP contribution in [0.4, 0.5) is 0 Å². The lowest BCUT2D eigenvalue weighted by Crippen LogP contribution is -2.32. The first-order valence-electron chi connectivity index (χ1n) is 9.09. The quantitative estimate of drug-likeness (QED) is 0.691. The molecule has 0 amide bonds. The van der Waals surface area contributed by atoms with Gasteiger partial charge in [-0.15, -0.1) is 0 Å². The Morgan fingerprint density at radius 1 is 0.862 bits per heavy atom. The van der Waals surface area contributed by atoms with Crippen LogP contribution in [-0.2, 0) is 4.74 Å². The smallest absolute Gasteiger partial charge is 0.229 e. The number of Topliss-reactive ketones (excluding diaryl/α,β-unsaturated/α-hetero) is 2. The van der Waals surface area contributed by atoms with Gasteiger partial charge in [0.1, 0.15) is 11.6 Å². The second-order valence-electron chi connectivity index (χ2n) is 6.98. The first-order valence-corrected chi connectivity index (χ1v) is 9.09. The van der Waals surface area contributed by atoms with E-state index in [2.05, 4.69) is 6.07 Å². The molecule has 29 heavy (non-hydrogen) atoms. The number of nitriles is 1. The second-order valence-corrected chi connectivity index (χ2v) is 6.98. The molecule has 2 N–H and O–H groups in total. The lowest BCUT2D eigenvalue weighted by atomic mass is 9.75. The van der Waals surface area contributed by atoms with Crippen molar-refractivity contribution >= 4 is 22.3 Å². The maximum Gasteiger partial charge on any atom is 0.229 e. The van der Waals surface area contributed by atoms with Crippen LogP contribution in [0.1, 0.15) is 32.2 Å². The number of ketones is 2. The summed E-state index contributed by atoms with van der Waals surface area (Å²) in [6.07, 6.45) is 0. The van der Waals surface area contributed by atoms with E-state index in [9.17, 15) is 14.9 Å². The minimum atomic E-state index is -0.766. The Morgan fingerprint density at radius 3 is 2.24 bits per heavy atom. The third kappa shape index (κ3) is 2.40. The molecule has 0 saturated carbocycles. The van der Waals surface area contributed by atoms with Crippen molar-refractivity contribution in [2.24, 2.45) is 5.73 Å². The Bertz CT molecular complexity index is 1340. The molecule has 138 valence electrons. The van der Waals surface area contributed by atoms with Gasteiger partial charge < -0.3 is 10.5 Å². The average molecular weight is 378 g/mol. The fourth-order valence-corrected chi connectivity index (χ4v) is 4.03. The molecule has 0 bridgehead atoms. The zero-order chi connectivity index (χ0) is 20.1. The van der Waals surface area contributed by atoms with E-state index in [1.807, 2.05) is 42.5 Å². The summed E-state index contributed by atoms with van der Waals surface area (Å²) < 4.78 is 5.52. The number of rotatable bonds is 1. The third-order valence-corrected chi connectivity index (χ3v) is 5.39. The van der Waals surface area contributed by atoms with Gasteiger partial charge >= 0.3 is 0 Å². The number of hydrogen-bond acceptors (Lipinski definition) is 5. The molecule has 1 aliphatic heterocycles. The van der Waals surface area contributed by atoms with Crippen molar-refractivity contribution < 1.29 is 14.3 Å². The van der Waals surface area contributed by atoms with E-state index in [1.165, 1.54) is 0 Å². The summed E-state index contributed by atoms with van der Waals surface area (Å²) in [5.41, 5.74) is 7.58. The van der Waals surface area contributed by atoms with Crippen LogP contribution in [0.25, 0.3) is 10.8 Å². The van der Waals surface area contributed by atoms with Crippen LogP contribution < -0.4 is 5.73 Å². The van der Waals surface area contributed by atoms with Gasteiger partial charge in [-0.25, -0.2) is 0 Å². The second kappa shape index (κ2) is 6.18. The number of fused-ring (bicyclic) bond motifs is 2. The van der Waals surface area contributed by atoms with Crippen molar-refractivity contribution in [2.75, 3.05) is 0 Å². The molecule has 0 fully saturated rings. The van der Waals surface area contributed by atoms with Crippen molar-refractivity contribution in [3.63, 3.8) is 0 Å². The van der Waals surface area contributed by atoms with Crippen molar-refractivity contribution in [1.82, 2.24) is 0 Å². The van der Waals surface area contributed by atoms with Crippen LogP contribution in [-0.4, -0.2) is 11.6 Å². The molecule has 0 saturated heterocycles. The lowest BCUT2D eigenvalue weighted by Gasteiger charge is -2.31. The number of allylic oxidation sites excluding steroid dienone is 3. The molecule has 0 aromatic heterocycles. The molecule has 1 atom stereocenters. The highest BCUT2D eigenvalue weighted by atomic mass is 16.5. The van der Waals surface area contributed by atoms with E-state index in [4.69, 9.17) is 10.5 Å². The van der Waals surface area contributed by atoms with Gasteiger partial charge in [0.2, 0.25) is 11.7 Å². The topological polar surface area (TPSA) is 93.2 Å². The molecule has 3 aromatic carbocycles. The Kier molecular flexibility index (Phi) is 3.62. The monoisotopic (exact) mass is 378 g/mol. The standard InChI is InChI=1S/C24H14N2O3/c25-12-18-19(15-10-9-13-5-1-2-6-14(13)11-15)20-21(27)16-7-3-4-8-17(16)22(28)23(20)29-24(18)26/h1-11,19H,26H2/t19-/m1/s1. The van der Waals surface area contributed by atoms with E-state index in [0.29, 0.717) is 11.1 Å². The number of nitrogens with two attached hydrogens (primary N) is 1. The molecule has 5 nitrogen and oxygen atoms in total. The number of hydrogen-bond donors (Lipinski definition) is 1. The van der Waals surface area contributed by atoms with Gasteiger partial charge in [0, 0.05) is 11.1 Å². The van der Waals surface area contributed by atoms with Gasteiger partial charge in [0.15, 0.2) is 11.5 Å². The summed E-state index contributed by atoms with van der Waals surface area (Å²) in [6.45, 7) is 0. The van der Waals surface area contributed by atoms with Gasteiger partial charge in [-0.05, 0) is 16.3 Å². The maximum atomic E-state index is 13.3. The Morgan fingerprint density at radius 2 is 1.52 bits per heavy atom. The van der Waals surface area contributed by atoms with E-state index in [0.717, 1.165) is 10.8 Å². The summed E-state index contributed by atoms with van der Waals surface area (Å²) in [5.74, 6) is -1.74. The minimum absolute atomic E-state index is 0.0941. The molecule has 1 aliphatic carbocycles. The fraction of sp³-hybridized carbons (Fsp3) is 0.0417. The normalized spacial score (nSPS) is 18.2. The summed E-state index contributed by atoms with van der Waals surface area (Å²) in [6, 6.07) is 22.2. The molecule has 3 aromatic rings. The lowest BCUT2D eigenvalue weighted by molar-refractivity contribution is 0.0897. The van der Waals surface area contributed by atoms with E-state index < -0.39 is 11.7 Å². The Hall–Kier alpha value is -4.17. The summed E-state index contributed by atoms with van der Waals surface area (Å²) >= 11 is 0. The zero-order valence-electron chi connectivity index (χ0n) is 15.2. The van der Waals surface area contributed by atoms with Gasteiger partial charge in [0.05, 0.1) is 11.5 Å². The average Bonchev–Trinajstić information content (AvgIpc) is 2.76. The molecule has 2 aliphatic rings. The molecule has 0 spiro atoms. The number of carbonyl (C=O) groups excluding carboxylic acids is 2. The van der Waals surface area contributed by atoms with Gasteiger partial charge in [0.25, 0.3) is 0 Å². The highest BCUT2D eigenvalue weighted by Gasteiger charge is 2.43. The molecule has 1 heterocycles. The summed E-state index contributed by atoms with van der Waals surface area (Å²) in [4.78, 5) is 26.4. The fourth-order valence-electron chi connectivity index (χ4n) is 4.03. The Labute approximate surface area is 166 Å². The SMILES string of the molecule is N#CC1=C(N)OC2=C(C(=O)c3ccccc3C2=O)[C@@H]1c1ccc2ccccc2c1. The maximum absolute atomic E-state index is 13.3. The van der Waals surface area contributed by atoms with Crippen LogP contribution in [0.15, 0.2) is 89.5 Å². The van der Waals surface area contributed by atoms with Crippen molar-refractivity contribution in [1.29, 1.82) is 5.26 Å². The number of ether oxygens (including phenoxy) is 1. The predicted octanol–water partition coefficient (Wildman–Crippen LogP) is 3.98. The molecule has 0 radical (unpaired) electrons. The van der Waals surface area contributed by atoms with E-state index in [-0.39, 0.29) is 34.1 Å². The summed E-state index contributed by atoms with van der Waals surface area (Å²) in [5, 5.41) is 11.8. The Balaban J connectivity index is 1.77. The third-order valence-electron chi connectivity index (χ3n) is 5.39. The first kappa shape index (κ1) is 17.0. The number of benzene rings is 3. The largest absolute Gasteiger partial charge is 0.436 e. The molecule has 5 heteroatoms. The highest BCUT2D eigenvalue weighted by molar-refractivity contribution is 6.27. The van der Waals surface area contributed by atoms with Gasteiger partial charge in [-0.2, -0.15) is 5.26 Å². The van der Waals surface area contributed by atoms with Crippen LogP contribution in [0.2, 0.25) is 0 Å². The van der Waals surface area contributed by atoms with Gasteiger partial charge in [-0.3, -0.25) is 9.59 Å². The molecule has 0 unspecified atom stereocenters. The van der Waals surface area contributed by atoms with Crippen LogP contribution in [0.3, 0.4) is 0 Å². The summed E-state index contributed by atoms with van der Waals surface area (Å²) in [7, 11) is 0. The van der Waals surface area contributed by atoms with Crippen molar-refractivity contribution in [3.05, 3.63) is 106 Å². The van der Waals surface area contributed by atoms with Crippen molar-refractivity contribution in [3.8, 4) is 6.07 Å². The molecular weight excluding hydrogens is 364 g/mol. The predicted molar refractivity (Wildman–Crippen MR) is 107 cm³/mol. The molecular formula is C24H14N2O3. The van der Waals surface area contributed by atoms with E-state index >= 15 is 0 Å².